The van der Waals surface area contributed by atoms with E-state index in [1.807, 2.05) is 42.5 Å². The van der Waals surface area contributed by atoms with Crippen molar-refractivity contribution >= 4 is 33.6 Å². The van der Waals surface area contributed by atoms with Crippen LogP contribution < -0.4 is 5.32 Å². The van der Waals surface area contributed by atoms with Crippen molar-refractivity contribution in [2.24, 2.45) is 0 Å². The summed E-state index contributed by atoms with van der Waals surface area (Å²) in [6.07, 6.45) is 3.38. The van der Waals surface area contributed by atoms with Crippen LogP contribution in [0.3, 0.4) is 0 Å². The summed E-state index contributed by atoms with van der Waals surface area (Å²) in [4.78, 5) is 17.0. The summed E-state index contributed by atoms with van der Waals surface area (Å²) in [7, 11) is 2.16. The highest BCUT2D eigenvalue weighted by molar-refractivity contribution is 9.10. The van der Waals surface area contributed by atoms with Crippen LogP contribution >= 0.6 is 15.9 Å². The summed E-state index contributed by atoms with van der Waals surface area (Å²) in [5, 5.41) is 2.95. The van der Waals surface area contributed by atoms with E-state index in [4.69, 9.17) is 0 Å². The Labute approximate surface area is 163 Å². The van der Waals surface area contributed by atoms with Gasteiger partial charge in [0.2, 0.25) is 5.91 Å². The van der Waals surface area contributed by atoms with E-state index in [1.165, 1.54) is 5.56 Å². The van der Waals surface area contributed by atoms with Crippen LogP contribution in [0.2, 0.25) is 0 Å². The number of halogens is 1. The number of anilines is 1. The number of nitrogens with zero attached hydrogens (tertiary/aromatic N) is 2. The maximum Gasteiger partial charge on any atom is 0.248 e. The molecule has 1 aliphatic rings. The Kier molecular flexibility index (Phi) is 6.61. The van der Waals surface area contributed by atoms with Crippen molar-refractivity contribution in [2.45, 2.75) is 6.54 Å². The number of amides is 1. The van der Waals surface area contributed by atoms with Crippen molar-refractivity contribution in [1.82, 2.24) is 9.80 Å². The Bertz CT molecular complexity index is 782. The van der Waals surface area contributed by atoms with Crippen molar-refractivity contribution in [1.29, 1.82) is 0 Å². The van der Waals surface area contributed by atoms with Gasteiger partial charge in [-0.15, -0.1) is 0 Å². The van der Waals surface area contributed by atoms with Gasteiger partial charge in [-0.05, 0) is 42.4 Å². The average Bonchev–Trinajstić information content (AvgIpc) is 2.63. The van der Waals surface area contributed by atoms with E-state index in [0.717, 1.165) is 48.4 Å². The normalized spacial score (nSPS) is 16.1. The molecule has 2 aromatic carbocycles. The van der Waals surface area contributed by atoms with E-state index in [1.54, 1.807) is 6.08 Å². The number of benzene rings is 2. The molecule has 26 heavy (non-hydrogen) atoms. The lowest BCUT2D eigenvalue weighted by Gasteiger charge is -2.32. The molecular formula is C21H24BrN3O. The van der Waals surface area contributed by atoms with Crippen LogP contribution in [-0.2, 0) is 11.3 Å². The Balaban J connectivity index is 1.58. The minimum Gasteiger partial charge on any atom is -0.323 e. The monoisotopic (exact) mass is 413 g/mol. The molecule has 1 N–H and O–H groups in total. The Morgan fingerprint density at radius 2 is 1.88 bits per heavy atom. The van der Waals surface area contributed by atoms with Crippen LogP contribution in [0.5, 0.6) is 0 Å². The summed E-state index contributed by atoms with van der Waals surface area (Å²) in [5.74, 6) is -0.127. The number of carbonyl (C=O) groups excluding carboxylic acids is 1. The molecule has 2 aromatic rings. The first kappa shape index (κ1) is 18.8. The molecule has 0 aromatic heterocycles. The van der Waals surface area contributed by atoms with Gasteiger partial charge in [0.25, 0.3) is 0 Å². The SMILES string of the molecule is CN1CCN(Cc2cccc(NC(=O)/C=C/c3ccccc3Br)c2)CC1. The summed E-state index contributed by atoms with van der Waals surface area (Å²) in [5.41, 5.74) is 3.03. The van der Waals surface area contributed by atoms with E-state index in [-0.39, 0.29) is 5.91 Å². The van der Waals surface area contributed by atoms with Gasteiger partial charge in [0.15, 0.2) is 0 Å². The number of piperazine rings is 1. The van der Waals surface area contributed by atoms with Crippen LogP contribution in [0.15, 0.2) is 59.1 Å². The van der Waals surface area contributed by atoms with Gasteiger partial charge in [-0.3, -0.25) is 9.69 Å². The zero-order chi connectivity index (χ0) is 18.4. The zero-order valence-electron chi connectivity index (χ0n) is 15.0. The predicted octanol–water partition coefficient (Wildman–Crippen LogP) is 3.85. The van der Waals surface area contributed by atoms with Gasteiger partial charge in [-0.2, -0.15) is 0 Å². The molecule has 0 radical (unpaired) electrons. The highest BCUT2D eigenvalue weighted by Crippen LogP contribution is 2.18. The van der Waals surface area contributed by atoms with E-state index in [9.17, 15) is 4.79 Å². The first-order chi connectivity index (χ1) is 12.6. The number of nitrogens with one attached hydrogen (secondary N) is 1. The maximum atomic E-state index is 12.2. The van der Waals surface area contributed by atoms with Crippen LogP contribution in [0.4, 0.5) is 5.69 Å². The minimum absolute atomic E-state index is 0.127. The molecule has 1 heterocycles. The van der Waals surface area contributed by atoms with E-state index in [0.29, 0.717) is 0 Å². The second-order valence-electron chi connectivity index (χ2n) is 6.62. The van der Waals surface area contributed by atoms with Crippen molar-refractivity contribution in [3.05, 3.63) is 70.2 Å². The fourth-order valence-corrected chi connectivity index (χ4v) is 3.39. The molecule has 0 unspecified atom stereocenters. The summed E-state index contributed by atoms with van der Waals surface area (Å²) in [6, 6.07) is 15.9. The third-order valence-electron chi connectivity index (χ3n) is 4.52. The number of rotatable bonds is 5. The van der Waals surface area contributed by atoms with Crippen molar-refractivity contribution in [3.63, 3.8) is 0 Å². The number of carbonyl (C=O) groups is 1. The van der Waals surface area contributed by atoms with Crippen molar-refractivity contribution < 1.29 is 4.79 Å². The molecule has 1 aliphatic heterocycles. The highest BCUT2D eigenvalue weighted by atomic mass is 79.9. The molecule has 5 heteroatoms. The molecule has 0 spiro atoms. The number of likely N-dealkylation sites (N-methyl/N-ethyl adjacent to an activating group) is 1. The molecule has 0 aliphatic carbocycles. The van der Waals surface area contributed by atoms with Crippen molar-refractivity contribution in [3.8, 4) is 0 Å². The molecule has 0 atom stereocenters. The number of hydrogen-bond donors (Lipinski definition) is 1. The van der Waals surface area contributed by atoms with Crippen LogP contribution in [0, 0.1) is 0 Å². The molecule has 136 valence electrons. The van der Waals surface area contributed by atoms with Gasteiger partial charge in [-0.25, -0.2) is 0 Å². The molecule has 0 saturated carbocycles. The lowest BCUT2D eigenvalue weighted by molar-refractivity contribution is -0.111. The highest BCUT2D eigenvalue weighted by Gasteiger charge is 2.13. The predicted molar refractivity (Wildman–Crippen MR) is 111 cm³/mol. The molecule has 1 fully saturated rings. The molecule has 1 amide bonds. The van der Waals surface area contributed by atoms with Gasteiger partial charge >= 0.3 is 0 Å². The van der Waals surface area contributed by atoms with E-state index < -0.39 is 0 Å². The van der Waals surface area contributed by atoms with Gasteiger partial charge in [0.05, 0.1) is 0 Å². The zero-order valence-corrected chi connectivity index (χ0v) is 16.6. The van der Waals surface area contributed by atoms with Gasteiger partial charge in [0, 0.05) is 49.0 Å². The smallest absolute Gasteiger partial charge is 0.248 e. The summed E-state index contributed by atoms with van der Waals surface area (Å²) < 4.78 is 0.971. The Morgan fingerprint density at radius 1 is 1.12 bits per heavy atom. The van der Waals surface area contributed by atoms with E-state index in [2.05, 4.69) is 50.2 Å². The van der Waals surface area contributed by atoms with E-state index >= 15 is 0 Å². The van der Waals surface area contributed by atoms with Gasteiger partial charge < -0.3 is 10.2 Å². The quantitative estimate of drug-likeness (QED) is 0.756. The van der Waals surface area contributed by atoms with Gasteiger partial charge in [-0.1, -0.05) is 46.3 Å². The lowest BCUT2D eigenvalue weighted by Crippen LogP contribution is -2.43. The van der Waals surface area contributed by atoms with Gasteiger partial charge in [0.1, 0.15) is 0 Å². The lowest BCUT2D eigenvalue weighted by atomic mass is 10.1. The molecular weight excluding hydrogens is 390 g/mol. The van der Waals surface area contributed by atoms with Crippen LogP contribution in [-0.4, -0.2) is 48.9 Å². The summed E-state index contributed by atoms with van der Waals surface area (Å²) in [6.45, 7) is 5.31. The largest absolute Gasteiger partial charge is 0.323 e. The fourth-order valence-electron chi connectivity index (χ4n) is 2.97. The Morgan fingerprint density at radius 3 is 2.65 bits per heavy atom. The third-order valence-corrected chi connectivity index (χ3v) is 5.24. The molecule has 1 saturated heterocycles. The molecule has 4 nitrogen and oxygen atoms in total. The second-order valence-corrected chi connectivity index (χ2v) is 7.48. The first-order valence-corrected chi connectivity index (χ1v) is 9.63. The number of hydrogen-bond acceptors (Lipinski definition) is 3. The first-order valence-electron chi connectivity index (χ1n) is 8.83. The average molecular weight is 414 g/mol. The summed E-state index contributed by atoms with van der Waals surface area (Å²) >= 11 is 3.48. The maximum absolute atomic E-state index is 12.2. The minimum atomic E-state index is -0.127. The fraction of sp³-hybridized carbons (Fsp3) is 0.286. The standard InChI is InChI=1S/C21H24BrN3O/c1-24-11-13-25(14-12-24)16-17-5-4-7-19(15-17)23-21(26)10-9-18-6-2-3-8-20(18)22/h2-10,15H,11-14,16H2,1H3,(H,23,26)/b10-9+. The topological polar surface area (TPSA) is 35.6 Å². The Hall–Kier alpha value is -1.95. The van der Waals surface area contributed by atoms with Crippen LogP contribution in [0.25, 0.3) is 6.08 Å². The van der Waals surface area contributed by atoms with Crippen LogP contribution in [0.1, 0.15) is 11.1 Å². The molecule has 0 bridgehead atoms. The third kappa shape index (κ3) is 5.53. The molecule has 3 rings (SSSR count). The second kappa shape index (κ2) is 9.12. The van der Waals surface area contributed by atoms with Crippen molar-refractivity contribution in [2.75, 3.05) is 38.5 Å².